The Morgan fingerprint density at radius 1 is 1.33 bits per heavy atom. The zero-order valence-corrected chi connectivity index (χ0v) is 9.82. The standard InChI is InChI=1S/C10H19NO4/c1-8(12)7-15-9(5-10(13)14)6-11(2,3)4/h9H,5-7H2,1-4H3/p+1. The van der Waals surface area contributed by atoms with Crippen LogP contribution < -0.4 is 0 Å². The molecule has 1 N–H and O–H groups in total. The van der Waals surface area contributed by atoms with Crippen molar-refractivity contribution in [2.75, 3.05) is 34.3 Å². The second kappa shape index (κ2) is 5.82. The number of ketones is 1. The highest BCUT2D eigenvalue weighted by Gasteiger charge is 2.21. The van der Waals surface area contributed by atoms with Gasteiger partial charge < -0.3 is 14.3 Å². The van der Waals surface area contributed by atoms with Gasteiger partial charge in [-0.3, -0.25) is 9.59 Å². The van der Waals surface area contributed by atoms with Crippen molar-refractivity contribution in [3.05, 3.63) is 0 Å². The van der Waals surface area contributed by atoms with Crippen molar-refractivity contribution in [3.8, 4) is 0 Å². The van der Waals surface area contributed by atoms with Gasteiger partial charge in [0.25, 0.3) is 0 Å². The molecule has 0 heterocycles. The topological polar surface area (TPSA) is 63.6 Å². The van der Waals surface area contributed by atoms with Crippen LogP contribution in [-0.4, -0.2) is 61.7 Å². The van der Waals surface area contributed by atoms with Crippen LogP contribution in [0.3, 0.4) is 0 Å². The first kappa shape index (κ1) is 14.1. The zero-order valence-electron chi connectivity index (χ0n) is 9.82. The van der Waals surface area contributed by atoms with Crippen LogP contribution in [0.15, 0.2) is 0 Å². The van der Waals surface area contributed by atoms with Crippen LogP contribution in [-0.2, 0) is 14.3 Å². The van der Waals surface area contributed by atoms with Crippen LogP contribution in [0.4, 0.5) is 0 Å². The summed E-state index contributed by atoms with van der Waals surface area (Å²) in [4.78, 5) is 21.3. The predicted molar refractivity (Wildman–Crippen MR) is 55.6 cm³/mol. The van der Waals surface area contributed by atoms with E-state index in [2.05, 4.69) is 0 Å². The molecule has 0 aliphatic carbocycles. The third-order valence-electron chi connectivity index (χ3n) is 1.68. The molecule has 0 bridgehead atoms. The van der Waals surface area contributed by atoms with Gasteiger partial charge in [-0.15, -0.1) is 0 Å². The van der Waals surface area contributed by atoms with E-state index in [1.54, 1.807) is 0 Å². The molecule has 1 atom stereocenters. The molecule has 88 valence electrons. The zero-order chi connectivity index (χ0) is 12.1. The Balaban J connectivity index is 4.18. The van der Waals surface area contributed by atoms with Gasteiger partial charge in [0.1, 0.15) is 19.3 Å². The molecule has 0 spiro atoms. The van der Waals surface area contributed by atoms with Crippen LogP contribution in [0.25, 0.3) is 0 Å². The second-order valence-electron chi connectivity index (χ2n) is 4.71. The Hall–Kier alpha value is -0.940. The predicted octanol–water partition coefficient (Wildman–Crippen LogP) is 0.142. The molecule has 0 saturated carbocycles. The largest absolute Gasteiger partial charge is 0.481 e. The number of carbonyl (C=O) groups is 2. The number of nitrogens with zero attached hydrogens (tertiary/aromatic N) is 1. The molecule has 0 radical (unpaired) electrons. The number of hydrogen-bond donors (Lipinski definition) is 1. The molecule has 0 aliphatic rings. The molecule has 5 heteroatoms. The Morgan fingerprint density at radius 2 is 1.87 bits per heavy atom. The third kappa shape index (κ3) is 9.37. The summed E-state index contributed by atoms with van der Waals surface area (Å²) in [6.07, 6.45) is -0.477. The minimum Gasteiger partial charge on any atom is -0.481 e. The molecule has 0 amide bonds. The normalized spacial score (nSPS) is 13.6. The summed E-state index contributed by atoms with van der Waals surface area (Å²) in [6, 6.07) is 0. The molecule has 5 nitrogen and oxygen atoms in total. The highest BCUT2D eigenvalue weighted by molar-refractivity contribution is 5.76. The summed E-state index contributed by atoms with van der Waals surface area (Å²) in [5.41, 5.74) is 0. The Labute approximate surface area is 90.2 Å². The number of hydrogen-bond acceptors (Lipinski definition) is 3. The number of carboxylic acids is 1. The van der Waals surface area contributed by atoms with Crippen LogP contribution in [0, 0.1) is 0 Å². The maximum atomic E-state index is 10.7. The van der Waals surface area contributed by atoms with E-state index >= 15 is 0 Å². The third-order valence-corrected chi connectivity index (χ3v) is 1.68. The van der Waals surface area contributed by atoms with Crippen molar-refractivity contribution in [2.24, 2.45) is 0 Å². The van der Waals surface area contributed by atoms with Gasteiger partial charge in [-0.2, -0.15) is 0 Å². The molecular formula is C10H20NO4+. The monoisotopic (exact) mass is 218 g/mol. The molecule has 0 rings (SSSR count). The number of ether oxygens (including phenoxy) is 1. The van der Waals surface area contributed by atoms with Gasteiger partial charge in [-0.25, -0.2) is 0 Å². The van der Waals surface area contributed by atoms with Gasteiger partial charge in [-0.05, 0) is 6.92 Å². The molecule has 0 aliphatic heterocycles. The maximum absolute atomic E-state index is 10.7. The first-order chi connectivity index (χ1) is 6.70. The average molecular weight is 218 g/mol. The van der Waals surface area contributed by atoms with Gasteiger partial charge in [0.15, 0.2) is 5.78 Å². The van der Waals surface area contributed by atoms with Gasteiger partial charge in [0.05, 0.1) is 27.6 Å². The van der Waals surface area contributed by atoms with Gasteiger partial charge in [0.2, 0.25) is 0 Å². The first-order valence-electron chi connectivity index (χ1n) is 4.84. The van der Waals surface area contributed by atoms with Crippen molar-refractivity contribution >= 4 is 11.8 Å². The highest BCUT2D eigenvalue weighted by atomic mass is 16.5. The van der Waals surface area contributed by atoms with E-state index in [-0.39, 0.29) is 18.8 Å². The van der Waals surface area contributed by atoms with Crippen molar-refractivity contribution in [2.45, 2.75) is 19.4 Å². The second-order valence-corrected chi connectivity index (χ2v) is 4.71. The SMILES string of the molecule is CC(=O)COC(CC(=O)O)C[N+](C)(C)C. The summed E-state index contributed by atoms with van der Waals surface area (Å²) in [6.45, 7) is 1.97. The summed E-state index contributed by atoms with van der Waals surface area (Å²) in [5.74, 6) is -0.996. The van der Waals surface area contributed by atoms with E-state index < -0.39 is 12.1 Å². The van der Waals surface area contributed by atoms with Crippen LogP contribution >= 0.6 is 0 Å². The summed E-state index contributed by atoms with van der Waals surface area (Å²) in [7, 11) is 5.85. The molecule has 1 unspecified atom stereocenters. The van der Waals surface area contributed by atoms with Crippen molar-refractivity contribution in [1.82, 2.24) is 0 Å². The number of likely N-dealkylation sites (N-methyl/N-ethyl adjacent to an activating group) is 1. The van der Waals surface area contributed by atoms with E-state index in [4.69, 9.17) is 9.84 Å². The quantitative estimate of drug-likeness (QED) is 0.617. The lowest BCUT2D eigenvalue weighted by Gasteiger charge is -2.28. The highest BCUT2D eigenvalue weighted by Crippen LogP contribution is 2.04. The lowest BCUT2D eigenvalue weighted by Crippen LogP contribution is -2.43. The molecule has 0 aromatic heterocycles. The van der Waals surface area contributed by atoms with E-state index in [0.29, 0.717) is 11.0 Å². The number of rotatable bonds is 7. The first-order valence-corrected chi connectivity index (χ1v) is 4.84. The fraction of sp³-hybridized carbons (Fsp3) is 0.800. The molecule has 0 saturated heterocycles. The molecule has 0 aromatic carbocycles. The molecule has 0 fully saturated rings. The van der Waals surface area contributed by atoms with Crippen LogP contribution in [0.2, 0.25) is 0 Å². The van der Waals surface area contributed by atoms with Gasteiger partial charge in [-0.1, -0.05) is 0 Å². The molecule has 15 heavy (non-hydrogen) atoms. The lowest BCUT2D eigenvalue weighted by molar-refractivity contribution is -0.873. The van der Waals surface area contributed by atoms with Crippen molar-refractivity contribution < 1.29 is 23.9 Å². The smallest absolute Gasteiger partial charge is 0.306 e. The van der Waals surface area contributed by atoms with Crippen molar-refractivity contribution in [3.63, 3.8) is 0 Å². The molecule has 0 aromatic rings. The van der Waals surface area contributed by atoms with E-state index in [9.17, 15) is 9.59 Å². The van der Waals surface area contributed by atoms with Crippen LogP contribution in [0.1, 0.15) is 13.3 Å². The average Bonchev–Trinajstić information content (AvgIpc) is 1.95. The minimum atomic E-state index is -0.906. The summed E-state index contributed by atoms with van der Waals surface area (Å²) in [5, 5.41) is 8.67. The van der Waals surface area contributed by atoms with E-state index in [1.165, 1.54) is 6.92 Å². The van der Waals surface area contributed by atoms with Gasteiger partial charge in [0, 0.05) is 0 Å². The number of aliphatic carboxylic acids is 1. The molecular weight excluding hydrogens is 198 g/mol. The van der Waals surface area contributed by atoms with E-state index in [1.807, 2.05) is 21.1 Å². The van der Waals surface area contributed by atoms with Gasteiger partial charge >= 0.3 is 5.97 Å². The Morgan fingerprint density at radius 3 is 2.20 bits per heavy atom. The Bertz CT molecular complexity index is 232. The summed E-state index contributed by atoms with van der Waals surface area (Å²) < 4.78 is 5.85. The van der Waals surface area contributed by atoms with E-state index in [0.717, 1.165) is 0 Å². The Kier molecular flexibility index (Phi) is 5.46. The lowest BCUT2D eigenvalue weighted by atomic mass is 10.2. The number of carbonyl (C=O) groups excluding carboxylic acids is 1. The number of quaternary nitrogens is 1. The minimum absolute atomic E-state index is 0.0159. The fourth-order valence-electron chi connectivity index (χ4n) is 1.22. The summed E-state index contributed by atoms with van der Waals surface area (Å²) >= 11 is 0. The maximum Gasteiger partial charge on any atom is 0.306 e. The number of Topliss-reactive ketones (excluding diaryl/α,β-unsaturated/α-hetero) is 1. The van der Waals surface area contributed by atoms with Crippen LogP contribution in [0.5, 0.6) is 0 Å². The van der Waals surface area contributed by atoms with Crippen molar-refractivity contribution in [1.29, 1.82) is 0 Å². The number of carboxylic acid groups (broad SMARTS) is 1. The fourth-order valence-corrected chi connectivity index (χ4v) is 1.22.